The van der Waals surface area contributed by atoms with Crippen LogP contribution in [0.2, 0.25) is 0 Å². The highest BCUT2D eigenvalue weighted by molar-refractivity contribution is 14.0. The standard InChI is InChI=1S/C17H26N4S2.HI/c1-13(2)16-20-14(12-23-16)7-9-19-17(18-3)21(4)10-8-15-6-5-11-22-15;/h5-6,11-13H,7-10H2,1-4H3,(H,18,19);1H. The Morgan fingerprint density at radius 2 is 2.12 bits per heavy atom. The van der Waals surface area contributed by atoms with Gasteiger partial charge in [0.05, 0.1) is 10.7 Å². The molecule has 0 saturated carbocycles. The number of aromatic nitrogens is 1. The van der Waals surface area contributed by atoms with E-state index in [2.05, 4.69) is 64.0 Å². The molecule has 0 unspecified atom stereocenters. The molecule has 0 spiro atoms. The molecule has 0 aliphatic carbocycles. The first-order chi connectivity index (χ1) is 11.1. The van der Waals surface area contributed by atoms with Gasteiger partial charge in [-0.05, 0) is 17.9 Å². The van der Waals surface area contributed by atoms with Crippen LogP contribution in [0.15, 0.2) is 27.9 Å². The van der Waals surface area contributed by atoms with Crippen LogP contribution in [-0.2, 0) is 12.8 Å². The van der Waals surface area contributed by atoms with Crippen LogP contribution in [0.4, 0.5) is 0 Å². The summed E-state index contributed by atoms with van der Waals surface area (Å²) in [5, 5.41) is 8.94. The Hall–Kier alpha value is -0.670. The van der Waals surface area contributed by atoms with E-state index in [0.29, 0.717) is 5.92 Å². The SMILES string of the molecule is CN=C(NCCc1csc(C(C)C)n1)N(C)CCc1cccs1.I. The fraction of sp³-hybridized carbons (Fsp3) is 0.529. The molecule has 2 heterocycles. The molecule has 0 amide bonds. The van der Waals surface area contributed by atoms with Crippen molar-refractivity contribution in [3.05, 3.63) is 38.5 Å². The van der Waals surface area contributed by atoms with E-state index in [1.165, 1.54) is 15.6 Å². The highest BCUT2D eigenvalue weighted by Crippen LogP contribution is 2.19. The highest BCUT2D eigenvalue weighted by Gasteiger charge is 2.08. The van der Waals surface area contributed by atoms with Gasteiger partial charge < -0.3 is 10.2 Å². The zero-order valence-corrected chi connectivity index (χ0v) is 18.7. The molecule has 2 aromatic heterocycles. The maximum Gasteiger partial charge on any atom is 0.193 e. The van der Waals surface area contributed by atoms with Gasteiger partial charge in [0.1, 0.15) is 0 Å². The summed E-state index contributed by atoms with van der Waals surface area (Å²) in [4.78, 5) is 12.6. The van der Waals surface area contributed by atoms with Crippen molar-refractivity contribution in [2.24, 2.45) is 4.99 Å². The minimum atomic E-state index is 0. The van der Waals surface area contributed by atoms with E-state index in [0.717, 1.165) is 31.9 Å². The van der Waals surface area contributed by atoms with Gasteiger partial charge in [-0.2, -0.15) is 0 Å². The zero-order valence-electron chi connectivity index (χ0n) is 14.8. The third-order valence-corrected chi connectivity index (χ3v) is 5.71. The number of aliphatic imine (C=N–C) groups is 1. The Labute approximate surface area is 170 Å². The molecular formula is C17H27IN4S2. The fourth-order valence-corrected chi connectivity index (χ4v) is 3.80. The largest absolute Gasteiger partial charge is 0.356 e. The van der Waals surface area contributed by atoms with Crippen molar-refractivity contribution in [1.82, 2.24) is 15.2 Å². The second kappa shape index (κ2) is 11.0. The Balaban J connectivity index is 0.00000288. The average molecular weight is 478 g/mol. The van der Waals surface area contributed by atoms with Crippen molar-refractivity contribution in [2.45, 2.75) is 32.6 Å². The lowest BCUT2D eigenvalue weighted by atomic mass is 10.2. The maximum absolute atomic E-state index is 4.67. The molecule has 0 radical (unpaired) electrons. The summed E-state index contributed by atoms with van der Waals surface area (Å²) in [5.74, 6) is 1.46. The number of rotatable bonds is 7. The molecule has 0 bridgehead atoms. The smallest absolute Gasteiger partial charge is 0.193 e. The van der Waals surface area contributed by atoms with E-state index < -0.39 is 0 Å². The van der Waals surface area contributed by atoms with Crippen molar-refractivity contribution in [2.75, 3.05) is 27.2 Å². The van der Waals surface area contributed by atoms with Gasteiger partial charge in [-0.3, -0.25) is 4.99 Å². The van der Waals surface area contributed by atoms with Gasteiger partial charge in [-0.1, -0.05) is 19.9 Å². The summed E-state index contributed by atoms with van der Waals surface area (Å²) < 4.78 is 0. The molecule has 7 heteroatoms. The van der Waals surface area contributed by atoms with Crippen LogP contribution in [0.1, 0.15) is 35.3 Å². The van der Waals surface area contributed by atoms with Crippen LogP contribution in [0.3, 0.4) is 0 Å². The van der Waals surface area contributed by atoms with Crippen LogP contribution in [-0.4, -0.2) is 43.0 Å². The summed E-state index contributed by atoms with van der Waals surface area (Å²) in [6.07, 6.45) is 1.99. The summed E-state index contributed by atoms with van der Waals surface area (Å²) in [7, 11) is 3.92. The van der Waals surface area contributed by atoms with Crippen molar-refractivity contribution in [1.29, 1.82) is 0 Å². The second-order valence-corrected chi connectivity index (χ2v) is 7.73. The lowest BCUT2D eigenvalue weighted by Gasteiger charge is -2.21. The van der Waals surface area contributed by atoms with Gasteiger partial charge in [0.15, 0.2) is 5.96 Å². The van der Waals surface area contributed by atoms with E-state index in [1.807, 2.05) is 18.4 Å². The minimum absolute atomic E-state index is 0. The van der Waals surface area contributed by atoms with E-state index in [1.54, 1.807) is 11.3 Å². The number of halogens is 1. The molecule has 0 atom stereocenters. The van der Waals surface area contributed by atoms with Crippen LogP contribution in [0.25, 0.3) is 0 Å². The van der Waals surface area contributed by atoms with Crippen molar-refractivity contribution >= 4 is 52.6 Å². The number of nitrogens with one attached hydrogen (secondary N) is 1. The Kier molecular flexibility index (Phi) is 9.84. The van der Waals surface area contributed by atoms with Gasteiger partial charge >= 0.3 is 0 Å². The molecular weight excluding hydrogens is 451 g/mol. The second-order valence-electron chi connectivity index (χ2n) is 5.81. The quantitative estimate of drug-likeness (QED) is 0.368. The number of thiophene rings is 1. The molecule has 0 fully saturated rings. The number of nitrogens with zero attached hydrogens (tertiary/aromatic N) is 3. The molecule has 24 heavy (non-hydrogen) atoms. The predicted molar refractivity (Wildman–Crippen MR) is 117 cm³/mol. The Morgan fingerprint density at radius 1 is 1.33 bits per heavy atom. The van der Waals surface area contributed by atoms with Crippen molar-refractivity contribution in [3.8, 4) is 0 Å². The number of thiazole rings is 1. The molecule has 2 aromatic rings. The number of hydrogen-bond acceptors (Lipinski definition) is 4. The molecule has 0 saturated heterocycles. The van der Waals surface area contributed by atoms with Crippen molar-refractivity contribution < 1.29 is 0 Å². The number of hydrogen-bond donors (Lipinski definition) is 1. The van der Waals surface area contributed by atoms with Gasteiger partial charge in [-0.25, -0.2) is 4.98 Å². The predicted octanol–water partition coefficient (Wildman–Crippen LogP) is 4.24. The molecule has 2 rings (SSSR count). The third kappa shape index (κ3) is 6.68. The molecule has 134 valence electrons. The monoisotopic (exact) mass is 478 g/mol. The Morgan fingerprint density at radius 3 is 2.71 bits per heavy atom. The lowest BCUT2D eigenvalue weighted by molar-refractivity contribution is 0.487. The first-order valence-electron chi connectivity index (χ1n) is 7.98. The van der Waals surface area contributed by atoms with Crippen LogP contribution < -0.4 is 5.32 Å². The van der Waals surface area contributed by atoms with E-state index in [4.69, 9.17) is 0 Å². The van der Waals surface area contributed by atoms with E-state index in [9.17, 15) is 0 Å². The maximum atomic E-state index is 4.67. The Bertz CT molecular complexity index is 608. The minimum Gasteiger partial charge on any atom is -0.356 e. The normalized spacial score (nSPS) is 11.5. The first kappa shape index (κ1) is 21.4. The van der Waals surface area contributed by atoms with E-state index >= 15 is 0 Å². The van der Waals surface area contributed by atoms with Crippen LogP contribution in [0.5, 0.6) is 0 Å². The van der Waals surface area contributed by atoms with Crippen LogP contribution >= 0.6 is 46.7 Å². The van der Waals surface area contributed by atoms with Gasteiger partial charge in [0.2, 0.25) is 0 Å². The first-order valence-corrected chi connectivity index (χ1v) is 9.74. The molecule has 0 aliphatic heterocycles. The molecule has 1 N–H and O–H groups in total. The third-order valence-electron chi connectivity index (χ3n) is 3.57. The lowest BCUT2D eigenvalue weighted by Crippen LogP contribution is -2.40. The zero-order chi connectivity index (χ0) is 16.7. The molecule has 0 aromatic carbocycles. The van der Waals surface area contributed by atoms with E-state index in [-0.39, 0.29) is 24.0 Å². The van der Waals surface area contributed by atoms with Gasteiger partial charge in [-0.15, -0.1) is 46.7 Å². The average Bonchev–Trinajstić information content (AvgIpc) is 3.20. The summed E-state index contributed by atoms with van der Waals surface area (Å²) in [5.41, 5.74) is 1.17. The summed E-state index contributed by atoms with van der Waals surface area (Å²) >= 11 is 3.57. The van der Waals surface area contributed by atoms with Crippen molar-refractivity contribution in [3.63, 3.8) is 0 Å². The topological polar surface area (TPSA) is 40.5 Å². The number of likely N-dealkylation sites (N-methyl/N-ethyl adjacent to an activating group) is 1. The highest BCUT2D eigenvalue weighted by atomic mass is 127. The van der Waals surface area contributed by atoms with Gasteiger partial charge in [0, 0.05) is 49.8 Å². The fourth-order valence-electron chi connectivity index (χ4n) is 2.23. The summed E-state index contributed by atoms with van der Waals surface area (Å²) in [6, 6.07) is 4.29. The van der Waals surface area contributed by atoms with Gasteiger partial charge in [0.25, 0.3) is 0 Å². The summed E-state index contributed by atoms with van der Waals surface area (Å²) in [6.45, 7) is 6.20. The molecule has 0 aliphatic rings. The van der Waals surface area contributed by atoms with Crippen LogP contribution in [0, 0.1) is 0 Å². The number of guanidine groups is 1. The molecule has 4 nitrogen and oxygen atoms in total.